The summed E-state index contributed by atoms with van der Waals surface area (Å²) in [6.45, 7) is -0.000214. The molecule has 0 amide bonds. The van der Waals surface area contributed by atoms with Gasteiger partial charge in [-0.3, -0.25) is 0 Å². The Morgan fingerprint density at radius 1 is 1.41 bits per heavy atom. The molecule has 0 saturated carbocycles. The van der Waals surface area contributed by atoms with Crippen LogP contribution in [0, 0.1) is 0 Å². The monoisotopic (exact) mass is 329 g/mol. The molecule has 0 atom stereocenters. The molecule has 2 rings (SSSR count). The van der Waals surface area contributed by atoms with Crippen molar-refractivity contribution in [1.29, 1.82) is 0 Å². The number of nitrogens with zero attached hydrogens (tertiary/aromatic N) is 3. The first-order valence-electron chi connectivity index (χ1n) is 6.32. The van der Waals surface area contributed by atoms with Gasteiger partial charge in [0.2, 0.25) is 5.88 Å². The zero-order chi connectivity index (χ0) is 16.1. The molecule has 0 saturated heterocycles. The van der Waals surface area contributed by atoms with Crippen molar-refractivity contribution in [3.05, 3.63) is 46.6 Å². The number of ether oxygens (including phenoxy) is 1. The van der Waals surface area contributed by atoms with Crippen LogP contribution in [0.5, 0.6) is 5.88 Å². The van der Waals surface area contributed by atoms with Gasteiger partial charge in [-0.15, -0.1) is 0 Å². The second kappa shape index (κ2) is 7.22. The quantitative estimate of drug-likeness (QED) is 0.602. The molecule has 0 fully saturated rings. The summed E-state index contributed by atoms with van der Waals surface area (Å²) in [6.07, 6.45) is -2.65. The standard InChI is InChI=1S/C14H14ClF2N3O2/c1-20-13(7-11(18-20)14(16)17)22-8-12(19-21-2)9-5-3-4-6-10(9)15/h3-7,14H,8H2,1-2H3. The minimum absolute atomic E-state index is 0.000214. The Bertz CT molecular complexity index is 674. The Balaban J connectivity index is 2.17. The van der Waals surface area contributed by atoms with E-state index in [4.69, 9.17) is 21.2 Å². The average Bonchev–Trinajstić information content (AvgIpc) is 2.86. The second-order valence-corrected chi connectivity index (χ2v) is 4.73. The van der Waals surface area contributed by atoms with E-state index < -0.39 is 6.43 Å². The largest absolute Gasteiger partial charge is 0.471 e. The molecule has 0 radical (unpaired) electrons. The predicted molar refractivity (Wildman–Crippen MR) is 78.7 cm³/mol. The maximum atomic E-state index is 12.6. The Morgan fingerprint density at radius 2 is 2.14 bits per heavy atom. The number of hydrogen-bond donors (Lipinski definition) is 0. The summed E-state index contributed by atoms with van der Waals surface area (Å²) < 4.78 is 31.9. The van der Waals surface area contributed by atoms with E-state index in [-0.39, 0.29) is 18.2 Å². The average molecular weight is 330 g/mol. The molecule has 1 aromatic heterocycles. The lowest BCUT2D eigenvalue weighted by atomic mass is 10.1. The first-order chi connectivity index (χ1) is 10.5. The fourth-order valence-corrected chi connectivity index (χ4v) is 2.06. The fraction of sp³-hybridized carbons (Fsp3) is 0.286. The van der Waals surface area contributed by atoms with Gasteiger partial charge in [-0.25, -0.2) is 13.5 Å². The summed E-state index contributed by atoms with van der Waals surface area (Å²) >= 11 is 6.10. The van der Waals surface area contributed by atoms with Gasteiger partial charge in [0.25, 0.3) is 6.43 Å². The minimum Gasteiger partial charge on any atom is -0.471 e. The van der Waals surface area contributed by atoms with Gasteiger partial charge < -0.3 is 9.57 Å². The summed E-state index contributed by atoms with van der Waals surface area (Å²) in [6, 6.07) is 8.23. The summed E-state index contributed by atoms with van der Waals surface area (Å²) in [5, 5.41) is 8.03. The topological polar surface area (TPSA) is 48.6 Å². The molecule has 1 aromatic carbocycles. The number of halogens is 3. The molecule has 0 unspecified atom stereocenters. The van der Waals surface area contributed by atoms with Crippen LogP contribution in [0.1, 0.15) is 17.7 Å². The highest BCUT2D eigenvalue weighted by Gasteiger charge is 2.16. The number of aromatic nitrogens is 2. The predicted octanol–water partition coefficient (Wildman–Crippen LogP) is 3.44. The van der Waals surface area contributed by atoms with Crippen LogP contribution >= 0.6 is 11.6 Å². The SMILES string of the molecule is CON=C(COc1cc(C(F)F)nn1C)c1ccccc1Cl. The third-order valence-corrected chi connectivity index (χ3v) is 3.15. The first-order valence-corrected chi connectivity index (χ1v) is 6.70. The Kier molecular flexibility index (Phi) is 5.32. The van der Waals surface area contributed by atoms with Gasteiger partial charge in [-0.05, 0) is 6.07 Å². The minimum atomic E-state index is -2.65. The van der Waals surface area contributed by atoms with Gasteiger partial charge in [-0.2, -0.15) is 5.10 Å². The number of alkyl halides is 2. The van der Waals surface area contributed by atoms with Crippen LogP contribution in [0.25, 0.3) is 0 Å². The van der Waals surface area contributed by atoms with E-state index in [9.17, 15) is 8.78 Å². The zero-order valence-electron chi connectivity index (χ0n) is 12.0. The third kappa shape index (κ3) is 3.73. The van der Waals surface area contributed by atoms with Crippen LogP contribution < -0.4 is 4.74 Å². The van der Waals surface area contributed by atoms with Crippen molar-refractivity contribution in [1.82, 2.24) is 9.78 Å². The van der Waals surface area contributed by atoms with Crippen molar-refractivity contribution in [2.75, 3.05) is 13.7 Å². The van der Waals surface area contributed by atoms with Crippen molar-refractivity contribution >= 4 is 17.3 Å². The van der Waals surface area contributed by atoms with E-state index in [1.165, 1.54) is 24.9 Å². The van der Waals surface area contributed by atoms with Crippen molar-refractivity contribution in [3.8, 4) is 5.88 Å². The molecule has 2 aromatic rings. The lowest BCUT2D eigenvalue weighted by Gasteiger charge is -2.09. The molecule has 0 aliphatic carbocycles. The number of aryl methyl sites for hydroxylation is 1. The van der Waals surface area contributed by atoms with E-state index in [0.717, 1.165) is 0 Å². The Labute approximate surface area is 131 Å². The highest BCUT2D eigenvalue weighted by molar-refractivity contribution is 6.34. The highest BCUT2D eigenvalue weighted by Crippen LogP contribution is 2.22. The molecule has 0 spiro atoms. The van der Waals surface area contributed by atoms with E-state index in [2.05, 4.69) is 10.3 Å². The summed E-state index contributed by atoms with van der Waals surface area (Å²) in [7, 11) is 2.92. The van der Waals surface area contributed by atoms with E-state index in [1.807, 2.05) is 0 Å². The van der Waals surface area contributed by atoms with Crippen molar-refractivity contribution in [2.24, 2.45) is 12.2 Å². The van der Waals surface area contributed by atoms with Gasteiger partial charge in [0.1, 0.15) is 25.1 Å². The van der Waals surface area contributed by atoms with Crippen LogP contribution in [0.4, 0.5) is 8.78 Å². The van der Waals surface area contributed by atoms with Gasteiger partial charge in [0.05, 0.1) is 0 Å². The third-order valence-electron chi connectivity index (χ3n) is 2.82. The van der Waals surface area contributed by atoms with Crippen LogP contribution in [0.15, 0.2) is 35.5 Å². The maximum absolute atomic E-state index is 12.6. The molecular formula is C14H14ClF2N3O2. The molecular weight excluding hydrogens is 316 g/mol. The van der Waals surface area contributed by atoms with Gasteiger partial charge in [0.15, 0.2) is 0 Å². The Morgan fingerprint density at radius 3 is 2.73 bits per heavy atom. The van der Waals surface area contributed by atoms with E-state index in [0.29, 0.717) is 16.3 Å². The van der Waals surface area contributed by atoms with Crippen molar-refractivity contribution in [2.45, 2.75) is 6.43 Å². The lowest BCUT2D eigenvalue weighted by molar-refractivity contribution is 0.145. The molecule has 22 heavy (non-hydrogen) atoms. The number of oxime groups is 1. The second-order valence-electron chi connectivity index (χ2n) is 4.32. The molecule has 1 heterocycles. The van der Waals surface area contributed by atoms with Crippen molar-refractivity contribution < 1.29 is 18.4 Å². The van der Waals surface area contributed by atoms with E-state index in [1.54, 1.807) is 24.3 Å². The highest BCUT2D eigenvalue weighted by atomic mass is 35.5. The molecule has 118 valence electrons. The summed E-state index contributed by atoms with van der Waals surface area (Å²) in [5.74, 6) is 0.200. The number of hydrogen-bond acceptors (Lipinski definition) is 4. The normalized spacial score (nSPS) is 11.8. The summed E-state index contributed by atoms with van der Waals surface area (Å²) in [5.41, 5.74) is 0.732. The molecule has 5 nitrogen and oxygen atoms in total. The number of rotatable bonds is 6. The van der Waals surface area contributed by atoms with E-state index >= 15 is 0 Å². The zero-order valence-corrected chi connectivity index (χ0v) is 12.7. The molecule has 0 bridgehead atoms. The van der Waals surface area contributed by atoms with Crippen molar-refractivity contribution in [3.63, 3.8) is 0 Å². The smallest absolute Gasteiger partial charge is 0.282 e. The molecule has 0 aliphatic heterocycles. The lowest BCUT2D eigenvalue weighted by Crippen LogP contribution is -2.15. The molecule has 0 aliphatic rings. The summed E-state index contributed by atoms with van der Waals surface area (Å²) in [4.78, 5) is 4.78. The van der Waals surface area contributed by atoms with Crippen LogP contribution in [0.2, 0.25) is 5.02 Å². The van der Waals surface area contributed by atoms with Crippen LogP contribution in [0.3, 0.4) is 0 Å². The van der Waals surface area contributed by atoms with Gasteiger partial charge in [0, 0.05) is 23.7 Å². The molecule has 8 heteroatoms. The molecule has 0 N–H and O–H groups in total. The Hall–Kier alpha value is -2.15. The van der Waals surface area contributed by atoms with Crippen LogP contribution in [-0.4, -0.2) is 29.2 Å². The van der Waals surface area contributed by atoms with Crippen LogP contribution in [-0.2, 0) is 11.9 Å². The van der Waals surface area contributed by atoms with Gasteiger partial charge in [-0.1, -0.05) is 35.0 Å². The first kappa shape index (κ1) is 16.2. The van der Waals surface area contributed by atoms with Gasteiger partial charge >= 0.3 is 0 Å². The maximum Gasteiger partial charge on any atom is 0.282 e. The fourth-order valence-electron chi connectivity index (χ4n) is 1.81. The number of benzene rings is 1.